The van der Waals surface area contributed by atoms with Crippen molar-refractivity contribution in [2.45, 2.75) is 13.3 Å². The Kier molecular flexibility index (Phi) is 2.04. The van der Waals surface area contributed by atoms with E-state index in [1.165, 1.54) is 23.1 Å². The lowest BCUT2D eigenvalue weighted by Gasteiger charge is -2.26. The van der Waals surface area contributed by atoms with Crippen LogP contribution in [0.25, 0.3) is 16.8 Å². The van der Waals surface area contributed by atoms with Crippen molar-refractivity contribution in [1.29, 1.82) is 0 Å². The molecule has 98 valence electrons. The summed E-state index contributed by atoms with van der Waals surface area (Å²) in [5.41, 5.74) is 4.87. The molecule has 0 unspecified atom stereocenters. The highest BCUT2D eigenvalue weighted by molar-refractivity contribution is 6.26. The van der Waals surface area contributed by atoms with Gasteiger partial charge in [-0.2, -0.15) is 0 Å². The molecule has 0 saturated carbocycles. The Bertz CT molecular complexity index is 823. The molecule has 0 radical (unpaired) electrons. The first kappa shape index (κ1) is 11.4. The van der Waals surface area contributed by atoms with Crippen LogP contribution < -0.4 is 0 Å². The fraction of sp³-hybridized carbons (Fsp3) is 0.176. The maximum Gasteiger partial charge on any atom is 0.261 e. The van der Waals surface area contributed by atoms with Crippen LogP contribution in [0, 0.1) is 0 Å². The fourth-order valence-electron chi connectivity index (χ4n) is 3.29. The van der Waals surface area contributed by atoms with E-state index in [4.69, 9.17) is 0 Å². The van der Waals surface area contributed by atoms with Gasteiger partial charge < -0.3 is 0 Å². The van der Waals surface area contributed by atoms with E-state index in [0.717, 1.165) is 22.8 Å². The van der Waals surface area contributed by atoms with Crippen molar-refractivity contribution in [2.75, 3.05) is 7.05 Å². The molecule has 0 fully saturated rings. The summed E-state index contributed by atoms with van der Waals surface area (Å²) in [6, 6.07) is 7.69. The van der Waals surface area contributed by atoms with E-state index < -0.39 is 0 Å². The van der Waals surface area contributed by atoms with Gasteiger partial charge in [-0.15, -0.1) is 0 Å². The van der Waals surface area contributed by atoms with E-state index >= 15 is 0 Å². The molecule has 2 aliphatic rings. The number of carbonyl (C=O) groups is 2. The second-order valence-electron chi connectivity index (χ2n) is 5.56. The van der Waals surface area contributed by atoms with Gasteiger partial charge in [-0.05, 0) is 42.0 Å². The van der Waals surface area contributed by atoms with Crippen molar-refractivity contribution in [3.05, 3.63) is 52.1 Å². The summed E-state index contributed by atoms with van der Waals surface area (Å²) in [4.78, 5) is 25.8. The molecular weight excluding hydrogens is 250 g/mol. The van der Waals surface area contributed by atoms with Crippen LogP contribution >= 0.6 is 0 Å². The van der Waals surface area contributed by atoms with Crippen LogP contribution in [0.2, 0.25) is 0 Å². The third-order valence-electron chi connectivity index (χ3n) is 4.22. The van der Waals surface area contributed by atoms with Gasteiger partial charge in [0.15, 0.2) is 0 Å². The molecule has 0 spiro atoms. The summed E-state index contributed by atoms with van der Waals surface area (Å²) in [5.74, 6) is -0.421. The molecular formula is C17H13NO2. The van der Waals surface area contributed by atoms with Crippen LogP contribution in [0.15, 0.2) is 29.8 Å². The van der Waals surface area contributed by atoms with Crippen LogP contribution in [-0.2, 0) is 6.42 Å². The summed E-state index contributed by atoms with van der Waals surface area (Å²) >= 11 is 0. The van der Waals surface area contributed by atoms with Gasteiger partial charge in [-0.25, -0.2) is 0 Å². The van der Waals surface area contributed by atoms with Gasteiger partial charge in [0.1, 0.15) is 0 Å². The quantitative estimate of drug-likeness (QED) is 0.685. The molecule has 0 saturated heterocycles. The Labute approximate surface area is 116 Å². The molecule has 0 aromatic heterocycles. The van der Waals surface area contributed by atoms with Gasteiger partial charge in [0.05, 0.1) is 0 Å². The number of rotatable bonds is 0. The highest BCUT2D eigenvalue weighted by Gasteiger charge is 2.31. The minimum Gasteiger partial charge on any atom is -0.277 e. The monoisotopic (exact) mass is 263 g/mol. The van der Waals surface area contributed by atoms with E-state index in [9.17, 15) is 9.59 Å². The molecule has 2 aromatic carbocycles. The average molecular weight is 263 g/mol. The first-order valence-electron chi connectivity index (χ1n) is 6.66. The smallest absolute Gasteiger partial charge is 0.261 e. The normalized spacial score (nSPS) is 16.7. The van der Waals surface area contributed by atoms with Gasteiger partial charge in [0, 0.05) is 23.6 Å². The third kappa shape index (κ3) is 1.24. The zero-order valence-corrected chi connectivity index (χ0v) is 11.4. The second-order valence-corrected chi connectivity index (χ2v) is 5.56. The van der Waals surface area contributed by atoms with Crippen molar-refractivity contribution >= 4 is 28.7 Å². The summed E-state index contributed by atoms with van der Waals surface area (Å²) in [6.07, 6.45) is 3.02. The zero-order chi connectivity index (χ0) is 14.0. The second kappa shape index (κ2) is 3.57. The molecule has 0 bridgehead atoms. The van der Waals surface area contributed by atoms with Gasteiger partial charge in [-0.3, -0.25) is 14.5 Å². The molecule has 1 aliphatic carbocycles. The molecule has 3 heteroatoms. The summed E-state index contributed by atoms with van der Waals surface area (Å²) < 4.78 is 0. The predicted octanol–water partition coefficient (Wildman–Crippen LogP) is 3.03. The topological polar surface area (TPSA) is 37.4 Å². The predicted molar refractivity (Wildman–Crippen MR) is 77.7 cm³/mol. The van der Waals surface area contributed by atoms with Crippen LogP contribution in [0.1, 0.15) is 38.8 Å². The lowest BCUT2D eigenvalue weighted by molar-refractivity contribution is 0.0651. The number of hydrogen-bond acceptors (Lipinski definition) is 2. The van der Waals surface area contributed by atoms with Crippen molar-refractivity contribution in [3.8, 4) is 0 Å². The summed E-state index contributed by atoms with van der Waals surface area (Å²) in [6.45, 7) is 2.10. The Morgan fingerprint density at radius 1 is 0.950 bits per heavy atom. The number of imide groups is 1. The zero-order valence-electron chi connectivity index (χ0n) is 11.4. The molecule has 2 amide bonds. The van der Waals surface area contributed by atoms with Crippen molar-refractivity contribution in [3.63, 3.8) is 0 Å². The molecule has 0 atom stereocenters. The van der Waals surface area contributed by atoms with Gasteiger partial charge in [-0.1, -0.05) is 23.8 Å². The summed E-state index contributed by atoms with van der Waals surface area (Å²) in [5, 5.41) is 1.90. The Morgan fingerprint density at radius 2 is 1.60 bits per heavy atom. The largest absolute Gasteiger partial charge is 0.277 e. The van der Waals surface area contributed by atoms with Crippen molar-refractivity contribution in [2.24, 2.45) is 0 Å². The molecule has 1 aliphatic heterocycles. The van der Waals surface area contributed by atoms with Crippen molar-refractivity contribution in [1.82, 2.24) is 4.90 Å². The molecule has 20 heavy (non-hydrogen) atoms. The maximum atomic E-state index is 12.3. The Hall–Kier alpha value is -2.42. The molecule has 4 rings (SSSR count). The highest BCUT2D eigenvalue weighted by Crippen LogP contribution is 2.37. The first-order chi connectivity index (χ1) is 9.58. The van der Waals surface area contributed by atoms with Crippen molar-refractivity contribution < 1.29 is 9.59 Å². The SMILES string of the molecule is CC1=Cc2ccc3c4c(ccc(c24)C1)C(=O)N(C)C3=O. The van der Waals surface area contributed by atoms with Crippen LogP contribution in [-0.4, -0.2) is 23.8 Å². The van der Waals surface area contributed by atoms with Crippen LogP contribution in [0.4, 0.5) is 0 Å². The number of carbonyl (C=O) groups excluding carboxylic acids is 2. The standard InChI is InChI=1S/C17H13NO2/c1-9-7-10-3-5-12-15-13(17(20)18(2)16(12)19)6-4-11(8-9)14(10)15/h3-7H,8H2,1-2H3. The highest BCUT2D eigenvalue weighted by atomic mass is 16.2. The minimum atomic E-state index is -0.211. The van der Waals surface area contributed by atoms with Gasteiger partial charge in [0.25, 0.3) is 11.8 Å². The maximum absolute atomic E-state index is 12.3. The van der Waals surface area contributed by atoms with E-state index in [1.807, 2.05) is 24.3 Å². The minimum absolute atomic E-state index is 0.211. The average Bonchev–Trinajstić information content (AvgIpc) is 2.44. The third-order valence-corrected chi connectivity index (χ3v) is 4.22. The molecule has 2 aromatic rings. The number of benzene rings is 2. The van der Waals surface area contributed by atoms with E-state index in [-0.39, 0.29) is 11.8 Å². The number of hydrogen-bond donors (Lipinski definition) is 0. The summed E-state index contributed by atoms with van der Waals surface area (Å²) in [7, 11) is 1.54. The Morgan fingerprint density at radius 3 is 2.30 bits per heavy atom. The molecule has 0 N–H and O–H groups in total. The van der Waals surface area contributed by atoms with E-state index in [0.29, 0.717) is 11.1 Å². The lowest BCUT2D eigenvalue weighted by Crippen LogP contribution is -2.37. The van der Waals surface area contributed by atoms with E-state index in [1.54, 1.807) is 0 Å². The first-order valence-corrected chi connectivity index (χ1v) is 6.66. The number of amides is 2. The van der Waals surface area contributed by atoms with E-state index in [2.05, 4.69) is 13.0 Å². The van der Waals surface area contributed by atoms with Gasteiger partial charge in [0.2, 0.25) is 0 Å². The molecule has 1 heterocycles. The fourth-order valence-corrected chi connectivity index (χ4v) is 3.29. The number of nitrogens with zero attached hydrogens (tertiary/aromatic N) is 1. The molecule has 3 nitrogen and oxygen atoms in total. The van der Waals surface area contributed by atoms with Gasteiger partial charge >= 0.3 is 0 Å². The number of allylic oxidation sites excluding steroid dienone is 1. The Balaban J connectivity index is 2.22. The van der Waals surface area contributed by atoms with Crippen LogP contribution in [0.3, 0.4) is 0 Å². The van der Waals surface area contributed by atoms with Crippen LogP contribution in [0.5, 0.6) is 0 Å². The lowest BCUT2D eigenvalue weighted by atomic mass is 9.84.